The first-order valence-corrected chi connectivity index (χ1v) is 9.04. The van der Waals surface area contributed by atoms with Crippen LogP contribution in [0.3, 0.4) is 0 Å². The highest BCUT2D eigenvalue weighted by Crippen LogP contribution is 2.24. The van der Waals surface area contributed by atoms with Crippen LogP contribution < -0.4 is 5.73 Å². The number of aryl methyl sites for hydroxylation is 1. The number of aromatic nitrogens is 3. The van der Waals surface area contributed by atoms with Crippen LogP contribution in [0.1, 0.15) is 50.2 Å². The van der Waals surface area contributed by atoms with E-state index in [1.807, 2.05) is 45.0 Å². The number of anilines is 1. The molecular weight excluding hydrogens is 340 g/mol. The van der Waals surface area contributed by atoms with Crippen molar-refractivity contribution >= 4 is 23.0 Å². The number of nitrogen functional groups attached to an aromatic ring is 1. The monoisotopic (exact) mass is 364 g/mol. The van der Waals surface area contributed by atoms with Crippen molar-refractivity contribution in [2.24, 2.45) is 0 Å². The van der Waals surface area contributed by atoms with Gasteiger partial charge in [0.25, 0.3) is 0 Å². The SMILES string of the molecule is CCCc1nc(N)nc2ccc(-c3cccc(C(=O)OC(C)(C)C)c3)nc12. The fourth-order valence-corrected chi connectivity index (χ4v) is 2.81. The molecule has 140 valence electrons. The van der Waals surface area contributed by atoms with E-state index < -0.39 is 5.60 Å². The number of hydrogen-bond donors (Lipinski definition) is 1. The summed E-state index contributed by atoms with van der Waals surface area (Å²) in [6, 6.07) is 11.0. The molecule has 0 aliphatic carbocycles. The molecule has 0 bridgehead atoms. The van der Waals surface area contributed by atoms with Gasteiger partial charge >= 0.3 is 5.97 Å². The van der Waals surface area contributed by atoms with Crippen LogP contribution in [0.4, 0.5) is 5.95 Å². The number of ether oxygens (including phenoxy) is 1. The Morgan fingerprint density at radius 3 is 2.59 bits per heavy atom. The zero-order chi connectivity index (χ0) is 19.6. The molecule has 0 saturated carbocycles. The van der Waals surface area contributed by atoms with Crippen molar-refractivity contribution < 1.29 is 9.53 Å². The number of carbonyl (C=O) groups excluding carboxylic acids is 1. The minimum atomic E-state index is -0.541. The second kappa shape index (κ2) is 7.31. The van der Waals surface area contributed by atoms with Gasteiger partial charge in [-0.05, 0) is 51.5 Å². The fraction of sp³-hybridized carbons (Fsp3) is 0.333. The van der Waals surface area contributed by atoms with Crippen molar-refractivity contribution in [2.45, 2.75) is 46.1 Å². The molecule has 0 atom stereocenters. The van der Waals surface area contributed by atoms with Gasteiger partial charge in [0, 0.05) is 5.56 Å². The Morgan fingerprint density at radius 1 is 1.11 bits per heavy atom. The van der Waals surface area contributed by atoms with Crippen molar-refractivity contribution in [3.8, 4) is 11.3 Å². The van der Waals surface area contributed by atoms with E-state index >= 15 is 0 Å². The van der Waals surface area contributed by atoms with Gasteiger partial charge < -0.3 is 10.5 Å². The number of esters is 1. The van der Waals surface area contributed by atoms with Gasteiger partial charge in [-0.3, -0.25) is 0 Å². The molecule has 0 radical (unpaired) electrons. The van der Waals surface area contributed by atoms with Gasteiger partial charge in [0.05, 0.1) is 22.5 Å². The maximum Gasteiger partial charge on any atom is 0.338 e. The van der Waals surface area contributed by atoms with E-state index in [1.165, 1.54) is 0 Å². The Bertz CT molecular complexity index is 993. The molecule has 0 unspecified atom stereocenters. The van der Waals surface area contributed by atoms with E-state index in [2.05, 4.69) is 16.9 Å². The number of hydrogen-bond acceptors (Lipinski definition) is 6. The number of nitrogens with zero attached hydrogens (tertiary/aromatic N) is 3. The molecule has 0 spiro atoms. The minimum absolute atomic E-state index is 0.257. The third-order valence-electron chi connectivity index (χ3n) is 3.91. The Hall–Kier alpha value is -3.02. The van der Waals surface area contributed by atoms with E-state index in [4.69, 9.17) is 15.5 Å². The van der Waals surface area contributed by atoms with Crippen molar-refractivity contribution in [3.63, 3.8) is 0 Å². The summed E-state index contributed by atoms with van der Waals surface area (Å²) < 4.78 is 5.46. The normalized spacial score (nSPS) is 11.6. The Labute approximate surface area is 158 Å². The second-order valence-electron chi connectivity index (χ2n) is 7.43. The van der Waals surface area contributed by atoms with Gasteiger partial charge in [0.15, 0.2) is 0 Å². The van der Waals surface area contributed by atoms with Crippen LogP contribution >= 0.6 is 0 Å². The first-order valence-electron chi connectivity index (χ1n) is 9.04. The van der Waals surface area contributed by atoms with Crippen LogP contribution in [0.15, 0.2) is 36.4 Å². The molecule has 1 aromatic carbocycles. The largest absolute Gasteiger partial charge is 0.456 e. The lowest BCUT2D eigenvalue weighted by molar-refractivity contribution is 0.00696. The lowest BCUT2D eigenvalue weighted by Gasteiger charge is -2.19. The Morgan fingerprint density at radius 2 is 1.89 bits per heavy atom. The molecule has 3 aromatic rings. The van der Waals surface area contributed by atoms with Crippen LogP contribution in [0.2, 0.25) is 0 Å². The predicted molar refractivity (Wildman–Crippen MR) is 106 cm³/mol. The summed E-state index contributed by atoms with van der Waals surface area (Å²) in [7, 11) is 0. The first kappa shape index (κ1) is 18.8. The first-order chi connectivity index (χ1) is 12.8. The molecule has 3 rings (SSSR count). The average molecular weight is 364 g/mol. The van der Waals surface area contributed by atoms with E-state index in [-0.39, 0.29) is 11.9 Å². The smallest absolute Gasteiger partial charge is 0.338 e. The Kier molecular flexibility index (Phi) is 5.08. The van der Waals surface area contributed by atoms with E-state index in [9.17, 15) is 4.79 Å². The summed E-state index contributed by atoms with van der Waals surface area (Å²) in [5, 5.41) is 0. The topological polar surface area (TPSA) is 91.0 Å². The molecule has 6 heteroatoms. The number of benzene rings is 1. The third-order valence-corrected chi connectivity index (χ3v) is 3.91. The van der Waals surface area contributed by atoms with Crippen LogP contribution in [-0.2, 0) is 11.2 Å². The highest BCUT2D eigenvalue weighted by molar-refractivity contribution is 5.91. The maximum atomic E-state index is 12.4. The summed E-state index contributed by atoms with van der Waals surface area (Å²) in [6.45, 7) is 7.63. The molecule has 0 amide bonds. The molecule has 0 fully saturated rings. The molecule has 27 heavy (non-hydrogen) atoms. The van der Waals surface area contributed by atoms with Gasteiger partial charge in [-0.15, -0.1) is 0 Å². The maximum absolute atomic E-state index is 12.4. The average Bonchev–Trinajstić information content (AvgIpc) is 2.60. The summed E-state index contributed by atoms with van der Waals surface area (Å²) in [4.78, 5) is 25.7. The number of nitrogens with two attached hydrogens (primary N) is 1. The number of rotatable bonds is 4. The summed E-state index contributed by atoms with van der Waals surface area (Å²) >= 11 is 0. The number of pyridine rings is 1. The summed E-state index contributed by atoms with van der Waals surface area (Å²) in [5.41, 5.74) is 9.64. The van der Waals surface area contributed by atoms with Crippen molar-refractivity contribution in [1.82, 2.24) is 15.0 Å². The van der Waals surface area contributed by atoms with Crippen molar-refractivity contribution in [2.75, 3.05) is 5.73 Å². The molecular formula is C21H24N4O2. The molecule has 2 heterocycles. The zero-order valence-corrected chi connectivity index (χ0v) is 16.1. The third kappa shape index (κ3) is 4.39. The summed E-state index contributed by atoms with van der Waals surface area (Å²) in [5.74, 6) is -0.0969. The van der Waals surface area contributed by atoms with Gasteiger partial charge in [0.1, 0.15) is 11.1 Å². The minimum Gasteiger partial charge on any atom is -0.456 e. The second-order valence-corrected chi connectivity index (χ2v) is 7.43. The van der Waals surface area contributed by atoms with Gasteiger partial charge in [-0.25, -0.2) is 19.7 Å². The molecule has 0 saturated heterocycles. The fourth-order valence-electron chi connectivity index (χ4n) is 2.81. The molecule has 2 N–H and O–H groups in total. The van der Waals surface area contributed by atoms with Gasteiger partial charge in [-0.2, -0.15) is 0 Å². The highest BCUT2D eigenvalue weighted by atomic mass is 16.6. The van der Waals surface area contributed by atoms with E-state index in [0.717, 1.165) is 40.8 Å². The van der Waals surface area contributed by atoms with E-state index in [0.29, 0.717) is 5.56 Å². The quantitative estimate of drug-likeness (QED) is 0.698. The van der Waals surface area contributed by atoms with Crippen molar-refractivity contribution in [1.29, 1.82) is 0 Å². The van der Waals surface area contributed by atoms with E-state index in [1.54, 1.807) is 12.1 Å². The lowest BCUT2D eigenvalue weighted by atomic mass is 10.1. The van der Waals surface area contributed by atoms with Crippen LogP contribution in [0.5, 0.6) is 0 Å². The van der Waals surface area contributed by atoms with Gasteiger partial charge in [0.2, 0.25) is 5.95 Å². The molecule has 6 nitrogen and oxygen atoms in total. The predicted octanol–water partition coefficient (Wildman–Crippen LogP) is 4.18. The molecule has 0 aliphatic heterocycles. The Balaban J connectivity index is 2.03. The highest BCUT2D eigenvalue weighted by Gasteiger charge is 2.18. The number of fused-ring (bicyclic) bond motifs is 1. The molecule has 2 aromatic heterocycles. The number of carbonyl (C=O) groups is 1. The molecule has 0 aliphatic rings. The zero-order valence-electron chi connectivity index (χ0n) is 16.1. The van der Waals surface area contributed by atoms with Crippen molar-refractivity contribution in [3.05, 3.63) is 47.7 Å². The standard InChI is InChI=1S/C21H24N4O2/c1-5-7-16-18-17(25-20(22)24-16)11-10-15(23-18)13-8-6-9-14(12-13)19(26)27-21(2,3)4/h6,8-12H,5,7H2,1-4H3,(H2,22,24,25). The van der Waals surface area contributed by atoms with Crippen LogP contribution in [0.25, 0.3) is 22.3 Å². The van der Waals surface area contributed by atoms with Crippen LogP contribution in [0, 0.1) is 0 Å². The van der Waals surface area contributed by atoms with Crippen LogP contribution in [-0.4, -0.2) is 26.5 Å². The van der Waals surface area contributed by atoms with Gasteiger partial charge in [-0.1, -0.05) is 25.5 Å². The summed E-state index contributed by atoms with van der Waals surface area (Å²) in [6.07, 6.45) is 1.71. The lowest BCUT2D eigenvalue weighted by Crippen LogP contribution is -2.23.